The van der Waals surface area contributed by atoms with Crippen molar-refractivity contribution >= 4 is 0 Å². The van der Waals surface area contributed by atoms with Crippen molar-refractivity contribution in [1.82, 2.24) is 0 Å². The van der Waals surface area contributed by atoms with E-state index >= 15 is 0 Å². The van der Waals surface area contributed by atoms with E-state index < -0.39 is 0 Å². The van der Waals surface area contributed by atoms with Crippen LogP contribution in [0.15, 0.2) is 36.4 Å². The first-order valence-corrected chi connectivity index (χ1v) is 13.5. The van der Waals surface area contributed by atoms with Crippen molar-refractivity contribution in [2.24, 2.45) is 0 Å². The monoisotopic (exact) mass is 434 g/mol. The third kappa shape index (κ3) is 6.40. The predicted octanol–water partition coefficient (Wildman–Crippen LogP) is 10.1. The molecule has 0 radical (unpaired) electrons. The van der Waals surface area contributed by atoms with Gasteiger partial charge in [0.1, 0.15) is 11.4 Å². The van der Waals surface area contributed by atoms with E-state index in [-0.39, 0.29) is 5.60 Å². The molecule has 0 spiro atoms. The Morgan fingerprint density at radius 2 is 1.09 bits per heavy atom. The highest BCUT2D eigenvalue weighted by Gasteiger charge is 2.40. The molecule has 0 unspecified atom stereocenters. The minimum atomic E-state index is -0.169. The minimum Gasteiger partial charge on any atom is -0.482 e. The van der Waals surface area contributed by atoms with Crippen LogP contribution in [0, 0.1) is 13.8 Å². The molecule has 0 saturated heterocycles. The summed E-state index contributed by atoms with van der Waals surface area (Å²) < 4.78 is 7.04. The number of benzene rings is 2. The van der Waals surface area contributed by atoms with Crippen molar-refractivity contribution < 1.29 is 4.74 Å². The summed E-state index contributed by atoms with van der Waals surface area (Å²) in [6.07, 6.45) is 18.3. The summed E-state index contributed by atoms with van der Waals surface area (Å²) in [4.78, 5) is 0. The number of rotatable bonds is 14. The quantitative estimate of drug-likeness (QED) is 0.269. The Hall–Kier alpha value is -1.76. The van der Waals surface area contributed by atoms with Gasteiger partial charge in [0.25, 0.3) is 0 Å². The Balaban J connectivity index is 1.83. The molecule has 32 heavy (non-hydrogen) atoms. The molecule has 3 rings (SSSR count). The third-order valence-corrected chi connectivity index (χ3v) is 7.27. The smallest absolute Gasteiger partial charge is 0.135 e. The van der Waals surface area contributed by atoms with Crippen LogP contribution in [0.5, 0.6) is 5.75 Å². The fourth-order valence-corrected chi connectivity index (χ4v) is 5.35. The third-order valence-electron chi connectivity index (χ3n) is 7.27. The SMILES string of the molecule is CCCCCCCCC1(CCCCCCCC)Oc2cc(C)ccc2-c2ccc(C)cc21. The van der Waals surface area contributed by atoms with Crippen LogP contribution < -0.4 is 4.74 Å². The lowest BCUT2D eigenvalue weighted by atomic mass is 9.77. The van der Waals surface area contributed by atoms with E-state index in [0.29, 0.717) is 0 Å². The van der Waals surface area contributed by atoms with Gasteiger partial charge in [0.05, 0.1) is 0 Å². The van der Waals surface area contributed by atoms with Gasteiger partial charge in [-0.1, -0.05) is 114 Å². The molecular weight excluding hydrogens is 388 g/mol. The van der Waals surface area contributed by atoms with Crippen LogP contribution in [-0.4, -0.2) is 0 Å². The molecule has 1 heterocycles. The highest BCUT2D eigenvalue weighted by molar-refractivity contribution is 5.77. The fraction of sp³-hybridized carbons (Fsp3) is 0.613. The zero-order chi connectivity index (χ0) is 22.8. The second-order valence-electron chi connectivity index (χ2n) is 10.2. The van der Waals surface area contributed by atoms with Gasteiger partial charge in [-0.2, -0.15) is 0 Å². The van der Waals surface area contributed by atoms with Crippen molar-refractivity contribution in [2.75, 3.05) is 0 Å². The molecule has 0 saturated carbocycles. The molecule has 0 amide bonds. The van der Waals surface area contributed by atoms with E-state index in [1.165, 1.54) is 105 Å². The van der Waals surface area contributed by atoms with E-state index in [4.69, 9.17) is 4.74 Å². The number of ether oxygens (including phenoxy) is 1. The highest BCUT2D eigenvalue weighted by atomic mass is 16.5. The molecule has 0 aromatic heterocycles. The van der Waals surface area contributed by atoms with E-state index in [9.17, 15) is 0 Å². The lowest BCUT2D eigenvalue weighted by molar-refractivity contribution is 0.0384. The zero-order valence-electron chi connectivity index (χ0n) is 21.3. The van der Waals surface area contributed by atoms with Gasteiger partial charge in [-0.3, -0.25) is 0 Å². The van der Waals surface area contributed by atoms with E-state index in [1.54, 1.807) is 0 Å². The summed E-state index contributed by atoms with van der Waals surface area (Å²) in [6, 6.07) is 13.8. The average molecular weight is 435 g/mol. The number of unbranched alkanes of at least 4 members (excludes halogenated alkanes) is 10. The van der Waals surface area contributed by atoms with Crippen LogP contribution >= 0.6 is 0 Å². The van der Waals surface area contributed by atoms with Crippen molar-refractivity contribution in [3.05, 3.63) is 53.1 Å². The van der Waals surface area contributed by atoms with Gasteiger partial charge in [0.15, 0.2) is 0 Å². The van der Waals surface area contributed by atoms with Crippen LogP contribution in [0.25, 0.3) is 11.1 Å². The molecule has 1 aliphatic heterocycles. The Kier molecular flexibility index (Phi) is 9.69. The van der Waals surface area contributed by atoms with Crippen LogP contribution in [0.2, 0.25) is 0 Å². The molecule has 1 aliphatic rings. The Labute approximate surface area is 198 Å². The number of aryl methyl sites for hydroxylation is 2. The Morgan fingerprint density at radius 1 is 0.594 bits per heavy atom. The highest BCUT2D eigenvalue weighted by Crippen LogP contribution is 2.50. The largest absolute Gasteiger partial charge is 0.482 e. The summed E-state index contributed by atoms with van der Waals surface area (Å²) in [5.41, 5.74) is 6.57. The van der Waals surface area contributed by atoms with E-state index in [1.807, 2.05) is 0 Å². The van der Waals surface area contributed by atoms with E-state index in [0.717, 1.165) is 18.6 Å². The maximum Gasteiger partial charge on any atom is 0.135 e. The predicted molar refractivity (Wildman–Crippen MR) is 140 cm³/mol. The summed E-state index contributed by atoms with van der Waals surface area (Å²) >= 11 is 0. The van der Waals surface area contributed by atoms with Gasteiger partial charge >= 0.3 is 0 Å². The van der Waals surface area contributed by atoms with Gasteiger partial charge in [-0.05, 0) is 56.7 Å². The van der Waals surface area contributed by atoms with Gasteiger partial charge in [0, 0.05) is 11.1 Å². The molecular formula is C31H46O. The first kappa shape index (κ1) is 24.9. The van der Waals surface area contributed by atoms with Crippen LogP contribution in [-0.2, 0) is 5.60 Å². The molecule has 2 aromatic carbocycles. The lowest BCUT2D eigenvalue weighted by Gasteiger charge is -2.41. The average Bonchev–Trinajstić information content (AvgIpc) is 2.78. The molecule has 0 aliphatic carbocycles. The number of hydrogen-bond acceptors (Lipinski definition) is 1. The molecule has 0 fully saturated rings. The molecule has 176 valence electrons. The molecule has 0 bridgehead atoms. The van der Waals surface area contributed by atoms with Gasteiger partial charge < -0.3 is 4.74 Å². The second kappa shape index (κ2) is 12.5. The standard InChI is InChI=1S/C31H46O/c1-5-7-9-11-13-15-21-31(22-16-14-12-10-8-6-2)29-23-25(3)17-19-27(29)28-20-18-26(4)24-30(28)32-31/h17-20,23-24H,5-16,21-22H2,1-4H3. The fourth-order valence-electron chi connectivity index (χ4n) is 5.35. The summed E-state index contributed by atoms with van der Waals surface area (Å²) in [5.74, 6) is 1.10. The minimum absolute atomic E-state index is 0.169. The first-order valence-electron chi connectivity index (χ1n) is 13.5. The lowest BCUT2D eigenvalue weighted by Crippen LogP contribution is -2.36. The molecule has 0 atom stereocenters. The summed E-state index contributed by atoms with van der Waals surface area (Å²) in [7, 11) is 0. The number of fused-ring (bicyclic) bond motifs is 3. The number of hydrogen-bond donors (Lipinski definition) is 0. The van der Waals surface area contributed by atoms with Gasteiger partial charge in [-0.15, -0.1) is 0 Å². The summed E-state index contributed by atoms with van der Waals surface area (Å²) in [5, 5.41) is 0. The van der Waals surface area contributed by atoms with E-state index in [2.05, 4.69) is 64.1 Å². The van der Waals surface area contributed by atoms with Gasteiger partial charge in [-0.25, -0.2) is 0 Å². The Bertz CT molecular complexity index is 818. The van der Waals surface area contributed by atoms with Crippen LogP contribution in [0.4, 0.5) is 0 Å². The van der Waals surface area contributed by atoms with Crippen LogP contribution in [0.1, 0.15) is 120 Å². The van der Waals surface area contributed by atoms with Crippen molar-refractivity contribution in [1.29, 1.82) is 0 Å². The Morgan fingerprint density at radius 3 is 1.69 bits per heavy atom. The van der Waals surface area contributed by atoms with Gasteiger partial charge in [0.2, 0.25) is 0 Å². The van der Waals surface area contributed by atoms with Crippen molar-refractivity contribution in [2.45, 2.75) is 123 Å². The maximum atomic E-state index is 7.04. The normalized spacial score (nSPS) is 14.0. The first-order chi connectivity index (χ1) is 15.6. The molecule has 0 N–H and O–H groups in total. The van der Waals surface area contributed by atoms with Crippen molar-refractivity contribution in [3.63, 3.8) is 0 Å². The molecule has 2 aromatic rings. The molecule has 1 heteroatoms. The van der Waals surface area contributed by atoms with Crippen molar-refractivity contribution in [3.8, 4) is 16.9 Å². The summed E-state index contributed by atoms with van der Waals surface area (Å²) in [6.45, 7) is 9.00. The second-order valence-corrected chi connectivity index (χ2v) is 10.2. The topological polar surface area (TPSA) is 9.23 Å². The van der Waals surface area contributed by atoms with Crippen LogP contribution in [0.3, 0.4) is 0 Å². The zero-order valence-corrected chi connectivity index (χ0v) is 21.3. The molecule has 1 nitrogen and oxygen atoms in total. The maximum absolute atomic E-state index is 7.04.